The summed E-state index contributed by atoms with van der Waals surface area (Å²) in [5.41, 5.74) is 7.52. The van der Waals surface area contributed by atoms with Gasteiger partial charge in [0.25, 0.3) is 0 Å². The van der Waals surface area contributed by atoms with Crippen LogP contribution in [-0.4, -0.2) is 24.2 Å². The van der Waals surface area contributed by atoms with Gasteiger partial charge in [-0.05, 0) is 5.56 Å². The summed E-state index contributed by atoms with van der Waals surface area (Å²) >= 11 is 0. The van der Waals surface area contributed by atoms with Crippen molar-refractivity contribution >= 4 is 5.82 Å². The molecule has 19 heavy (non-hydrogen) atoms. The maximum absolute atomic E-state index is 5.80. The molecule has 0 saturated carbocycles. The molecule has 100 valence electrons. The Morgan fingerprint density at radius 1 is 1.16 bits per heavy atom. The second-order valence-corrected chi connectivity index (χ2v) is 4.10. The highest BCUT2D eigenvalue weighted by molar-refractivity contribution is 5.32. The summed E-state index contributed by atoms with van der Waals surface area (Å²) in [5.74, 6) is 0.954. The van der Waals surface area contributed by atoms with Crippen molar-refractivity contribution in [2.24, 2.45) is 0 Å². The van der Waals surface area contributed by atoms with Crippen LogP contribution in [0.3, 0.4) is 0 Å². The van der Waals surface area contributed by atoms with Gasteiger partial charge in [-0.25, -0.2) is 9.97 Å². The topological polar surface area (TPSA) is 70.3 Å². The lowest BCUT2D eigenvalue weighted by Crippen LogP contribution is -2.11. The fourth-order valence-corrected chi connectivity index (χ4v) is 1.90. The molecule has 0 spiro atoms. The first-order valence-electron chi connectivity index (χ1n) is 5.94. The van der Waals surface area contributed by atoms with E-state index in [4.69, 9.17) is 15.2 Å². The van der Waals surface area contributed by atoms with Crippen LogP contribution in [0.15, 0.2) is 36.4 Å². The van der Waals surface area contributed by atoms with Gasteiger partial charge < -0.3 is 15.2 Å². The highest BCUT2D eigenvalue weighted by Gasteiger charge is 2.17. The lowest BCUT2D eigenvalue weighted by atomic mass is 10.1. The van der Waals surface area contributed by atoms with E-state index in [0.29, 0.717) is 18.2 Å². The number of nitrogens with two attached hydrogens (primary N) is 1. The Morgan fingerprint density at radius 3 is 2.53 bits per heavy atom. The standard InChI is InChI=1S/C14H17N3O2/c1-18-9-11-8-12(15)17-14(16-11)13(19-2)10-6-4-3-5-7-10/h3-8,13H,9H2,1-2H3,(H2,15,16,17). The van der Waals surface area contributed by atoms with Crippen LogP contribution in [0.4, 0.5) is 5.82 Å². The minimum Gasteiger partial charge on any atom is -0.384 e. The van der Waals surface area contributed by atoms with Gasteiger partial charge in [0.05, 0.1) is 12.3 Å². The largest absolute Gasteiger partial charge is 0.384 e. The number of hydrogen-bond donors (Lipinski definition) is 1. The molecule has 0 radical (unpaired) electrons. The van der Waals surface area contributed by atoms with Crippen molar-refractivity contribution in [1.82, 2.24) is 9.97 Å². The minimum absolute atomic E-state index is 0.333. The lowest BCUT2D eigenvalue weighted by molar-refractivity contribution is 0.127. The molecule has 0 aliphatic heterocycles. The van der Waals surface area contributed by atoms with Crippen LogP contribution in [0, 0.1) is 0 Å². The molecule has 0 bridgehead atoms. The molecule has 0 aliphatic carbocycles. The number of nitrogen functional groups attached to an aromatic ring is 1. The molecule has 5 heteroatoms. The summed E-state index contributed by atoms with van der Waals surface area (Å²) in [5, 5.41) is 0. The molecule has 1 aromatic carbocycles. The number of nitrogens with zero attached hydrogens (tertiary/aromatic N) is 2. The smallest absolute Gasteiger partial charge is 0.164 e. The Balaban J connectivity index is 2.38. The Morgan fingerprint density at radius 2 is 1.89 bits per heavy atom. The number of anilines is 1. The van der Waals surface area contributed by atoms with Crippen LogP contribution in [0.2, 0.25) is 0 Å². The third-order valence-corrected chi connectivity index (χ3v) is 2.68. The van der Waals surface area contributed by atoms with E-state index >= 15 is 0 Å². The van der Waals surface area contributed by atoms with E-state index in [1.807, 2.05) is 30.3 Å². The van der Waals surface area contributed by atoms with Crippen LogP contribution >= 0.6 is 0 Å². The van der Waals surface area contributed by atoms with Gasteiger partial charge in [-0.1, -0.05) is 30.3 Å². The van der Waals surface area contributed by atoms with Crippen LogP contribution in [0.5, 0.6) is 0 Å². The van der Waals surface area contributed by atoms with Gasteiger partial charge >= 0.3 is 0 Å². The second kappa shape index (κ2) is 6.26. The van der Waals surface area contributed by atoms with Gasteiger partial charge in [0.1, 0.15) is 11.9 Å². The molecule has 1 aromatic heterocycles. The number of benzene rings is 1. The zero-order valence-corrected chi connectivity index (χ0v) is 11.0. The number of aromatic nitrogens is 2. The Bertz CT molecular complexity index is 531. The molecule has 1 atom stereocenters. The van der Waals surface area contributed by atoms with Gasteiger partial charge in [-0.3, -0.25) is 0 Å². The first kappa shape index (κ1) is 13.5. The number of ether oxygens (including phenoxy) is 2. The van der Waals surface area contributed by atoms with Crippen molar-refractivity contribution in [1.29, 1.82) is 0 Å². The fourth-order valence-electron chi connectivity index (χ4n) is 1.90. The van der Waals surface area contributed by atoms with E-state index in [1.165, 1.54) is 0 Å². The molecular weight excluding hydrogens is 242 g/mol. The van der Waals surface area contributed by atoms with Crippen LogP contribution in [-0.2, 0) is 16.1 Å². The molecular formula is C14H17N3O2. The molecule has 0 aliphatic rings. The van der Waals surface area contributed by atoms with E-state index in [2.05, 4.69) is 9.97 Å². The minimum atomic E-state index is -0.333. The molecule has 2 N–H and O–H groups in total. The fraction of sp³-hybridized carbons (Fsp3) is 0.286. The summed E-state index contributed by atoms with van der Waals surface area (Å²) in [7, 11) is 3.24. The third-order valence-electron chi connectivity index (χ3n) is 2.68. The van der Waals surface area contributed by atoms with Gasteiger partial charge in [0, 0.05) is 20.3 Å². The lowest BCUT2D eigenvalue weighted by Gasteiger charge is -2.15. The van der Waals surface area contributed by atoms with E-state index in [1.54, 1.807) is 20.3 Å². The molecule has 2 rings (SSSR count). The van der Waals surface area contributed by atoms with E-state index in [9.17, 15) is 0 Å². The molecule has 5 nitrogen and oxygen atoms in total. The number of methoxy groups -OCH3 is 2. The van der Waals surface area contributed by atoms with Crippen LogP contribution in [0.25, 0.3) is 0 Å². The average molecular weight is 259 g/mol. The molecule has 0 amide bonds. The van der Waals surface area contributed by atoms with Crippen LogP contribution in [0.1, 0.15) is 23.2 Å². The maximum Gasteiger partial charge on any atom is 0.164 e. The third kappa shape index (κ3) is 3.27. The normalized spacial score (nSPS) is 12.3. The zero-order chi connectivity index (χ0) is 13.7. The summed E-state index contributed by atoms with van der Waals surface area (Å²) < 4.78 is 10.6. The van der Waals surface area contributed by atoms with E-state index in [-0.39, 0.29) is 6.10 Å². The summed E-state index contributed by atoms with van der Waals surface area (Å²) in [6.07, 6.45) is -0.333. The molecule has 0 fully saturated rings. The monoisotopic (exact) mass is 259 g/mol. The van der Waals surface area contributed by atoms with Gasteiger partial charge in [0.2, 0.25) is 0 Å². The Labute approximate surface area is 112 Å². The first-order valence-corrected chi connectivity index (χ1v) is 5.94. The van der Waals surface area contributed by atoms with Crippen LogP contribution < -0.4 is 5.73 Å². The number of rotatable bonds is 5. The van der Waals surface area contributed by atoms with Crippen molar-refractivity contribution in [2.75, 3.05) is 20.0 Å². The first-order chi connectivity index (χ1) is 9.24. The van der Waals surface area contributed by atoms with Crippen molar-refractivity contribution < 1.29 is 9.47 Å². The van der Waals surface area contributed by atoms with E-state index < -0.39 is 0 Å². The Hall–Kier alpha value is -1.98. The quantitative estimate of drug-likeness (QED) is 0.888. The van der Waals surface area contributed by atoms with Gasteiger partial charge in [-0.2, -0.15) is 0 Å². The highest BCUT2D eigenvalue weighted by atomic mass is 16.5. The molecule has 0 saturated heterocycles. The van der Waals surface area contributed by atoms with Crippen molar-refractivity contribution in [3.05, 3.63) is 53.5 Å². The van der Waals surface area contributed by atoms with Crippen molar-refractivity contribution in [3.8, 4) is 0 Å². The highest BCUT2D eigenvalue weighted by Crippen LogP contribution is 2.23. The Kier molecular flexibility index (Phi) is 4.43. The second-order valence-electron chi connectivity index (χ2n) is 4.10. The van der Waals surface area contributed by atoms with E-state index in [0.717, 1.165) is 11.3 Å². The SMILES string of the molecule is COCc1cc(N)nc(C(OC)c2ccccc2)n1. The maximum atomic E-state index is 5.80. The molecule has 1 heterocycles. The van der Waals surface area contributed by atoms with Crippen molar-refractivity contribution in [2.45, 2.75) is 12.7 Å². The summed E-state index contributed by atoms with van der Waals surface area (Å²) in [4.78, 5) is 8.68. The van der Waals surface area contributed by atoms with Crippen molar-refractivity contribution in [3.63, 3.8) is 0 Å². The molecule has 1 unspecified atom stereocenters. The van der Waals surface area contributed by atoms with Gasteiger partial charge in [0.15, 0.2) is 5.82 Å². The average Bonchev–Trinajstić information content (AvgIpc) is 2.40. The summed E-state index contributed by atoms with van der Waals surface area (Å²) in [6.45, 7) is 0.394. The number of hydrogen-bond acceptors (Lipinski definition) is 5. The molecule has 2 aromatic rings. The van der Waals surface area contributed by atoms with Gasteiger partial charge in [-0.15, -0.1) is 0 Å². The predicted octanol–water partition coefficient (Wildman–Crippen LogP) is 1.94. The summed E-state index contributed by atoms with van der Waals surface area (Å²) in [6, 6.07) is 11.5. The zero-order valence-electron chi connectivity index (χ0n) is 11.0. The predicted molar refractivity (Wildman–Crippen MR) is 72.5 cm³/mol.